The molecule has 1 heterocycles. The molecule has 7 heteroatoms. The number of likely N-dealkylation sites (N-methyl/N-ethyl adjacent to an activating group) is 2. The summed E-state index contributed by atoms with van der Waals surface area (Å²) in [5, 5.41) is 6.90. The summed E-state index contributed by atoms with van der Waals surface area (Å²) >= 11 is 0. The molecule has 1 fully saturated rings. The van der Waals surface area contributed by atoms with Gasteiger partial charge in [-0.1, -0.05) is 30.3 Å². The second-order valence-corrected chi connectivity index (χ2v) is 8.08. The fraction of sp³-hybridized carbons (Fsp3) is 0.682. The minimum absolute atomic E-state index is 0. The molecule has 1 aromatic carbocycles. The lowest BCUT2D eigenvalue weighted by atomic mass is 10.1. The molecule has 1 saturated heterocycles. The van der Waals surface area contributed by atoms with Crippen LogP contribution in [-0.2, 0) is 6.54 Å². The monoisotopic (exact) mass is 516 g/mol. The van der Waals surface area contributed by atoms with Gasteiger partial charge in [-0.15, -0.1) is 24.0 Å². The van der Waals surface area contributed by atoms with E-state index in [1.54, 1.807) is 0 Å². The maximum absolute atomic E-state index is 4.84. The molecule has 2 rings (SSSR count). The van der Waals surface area contributed by atoms with Gasteiger partial charge in [0.2, 0.25) is 0 Å². The summed E-state index contributed by atoms with van der Waals surface area (Å²) in [6.45, 7) is 11.4. The van der Waals surface area contributed by atoms with Crippen LogP contribution in [0.15, 0.2) is 35.3 Å². The Morgan fingerprint density at radius 1 is 1.21 bits per heavy atom. The van der Waals surface area contributed by atoms with Gasteiger partial charge in [0.05, 0.1) is 6.54 Å². The highest BCUT2D eigenvalue weighted by molar-refractivity contribution is 14.0. The van der Waals surface area contributed by atoms with Crippen LogP contribution < -0.4 is 10.6 Å². The first-order chi connectivity index (χ1) is 13.5. The minimum Gasteiger partial charge on any atom is -0.357 e. The summed E-state index contributed by atoms with van der Waals surface area (Å²) in [6.07, 6.45) is 1.08. The number of benzene rings is 1. The molecule has 0 aliphatic carbocycles. The fourth-order valence-corrected chi connectivity index (χ4v) is 3.48. The van der Waals surface area contributed by atoms with Crippen LogP contribution in [0.1, 0.15) is 25.8 Å². The molecule has 1 aliphatic heterocycles. The lowest BCUT2D eigenvalue weighted by molar-refractivity contribution is 0.119. The van der Waals surface area contributed by atoms with Crippen LogP contribution in [-0.4, -0.2) is 93.2 Å². The van der Waals surface area contributed by atoms with Gasteiger partial charge in [-0.25, -0.2) is 0 Å². The summed E-state index contributed by atoms with van der Waals surface area (Å²) in [6, 6.07) is 11.7. The van der Waals surface area contributed by atoms with Crippen molar-refractivity contribution >= 4 is 29.9 Å². The Morgan fingerprint density at radius 3 is 2.62 bits per heavy atom. The molecule has 2 unspecified atom stereocenters. The Kier molecular flexibility index (Phi) is 12.8. The Balaban J connectivity index is 0.00000420. The van der Waals surface area contributed by atoms with Crippen molar-refractivity contribution in [1.82, 2.24) is 25.3 Å². The van der Waals surface area contributed by atoms with E-state index >= 15 is 0 Å². The van der Waals surface area contributed by atoms with E-state index in [4.69, 9.17) is 4.99 Å². The number of guanidine groups is 1. The molecule has 0 saturated carbocycles. The number of nitrogens with one attached hydrogen (secondary N) is 2. The standard InChI is InChI=1S/C22H40N6.HI/c1-6-23-22(25-16-21-18-26(3)14-15-27(21)4)24-13-12-19(2)28(5)17-20-10-8-7-9-11-20;/h7-11,19,21H,6,12-18H2,1-5H3,(H2,23,24,25);1H. The maximum Gasteiger partial charge on any atom is 0.191 e. The van der Waals surface area contributed by atoms with E-state index in [1.165, 1.54) is 5.56 Å². The zero-order valence-corrected chi connectivity index (χ0v) is 21.2. The number of aliphatic imine (C=N–C) groups is 1. The fourth-order valence-electron chi connectivity index (χ4n) is 3.48. The SMILES string of the molecule is CCNC(=NCC1CN(C)CCN1C)NCCC(C)N(C)Cc1ccccc1.I. The third-order valence-corrected chi connectivity index (χ3v) is 5.67. The van der Waals surface area contributed by atoms with Crippen molar-refractivity contribution in [3.05, 3.63) is 35.9 Å². The molecule has 1 aromatic rings. The number of halogens is 1. The van der Waals surface area contributed by atoms with E-state index in [0.717, 1.165) is 58.2 Å². The average molecular weight is 517 g/mol. The van der Waals surface area contributed by atoms with E-state index in [1.807, 2.05) is 0 Å². The van der Waals surface area contributed by atoms with Crippen molar-refractivity contribution in [2.75, 3.05) is 60.4 Å². The zero-order valence-electron chi connectivity index (χ0n) is 18.9. The van der Waals surface area contributed by atoms with Crippen LogP contribution in [0.3, 0.4) is 0 Å². The highest BCUT2D eigenvalue weighted by atomic mass is 127. The number of hydrogen-bond acceptors (Lipinski definition) is 4. The Morgan fingerprint density at radius 2 is 1.93 bits per heavy atom. The normalized spacial score (nSPS) is 19.7. The first-order valence-electron chi connectivity index (χ1n) is 10.6. The number of hydrogen-bond donors (Lipinski definition) is 2. The van der Waals surface area contributed by atoms with Gasteiger partial charge in [0.15, 0.2) is 5.96 Å². The van der Waals surface area contributed by atoms with Crippen molar-refractivity contribution in [3.8, 4) is 0 Å². The van der Waals surface area contributed by atoms with Crippen LogP contribution >= 0.6 is 24.0 Å². The van der Waals surface area contributed by atoms with Crippen LogP contribution in [0.5, 0.6) is 0 Å². The third kappa shape index (κ3) is 9.63. The Labute approximate surface area is 195 Å². The highest BCUT2D eigenvalue weighted by Crippen LogP contribution is 2.08. The minimum atomic E-state index is 0. The zero-order chi connectivity index (χ0) is 20.4. The quantitative estimate of drug-likeness (QED) is 0.300. The lowest BCUT2D eigenvalue weighted by Crippen LogP contribution is -2.51. The average Bonchev–Trinajstić information content (AvgIpc) is 2.69. The summed E-state index contributed by atoms with van der Waals surface area (Å²) in [5.74, 6) is 0.932. The third-order valence-electron chi connectivity index (χ3n) is 5.67. The molecule has 6 nitrogen and oxygen atoms in total. The second kappa shape index (κ2) is 14.2. The largest absolute Gasteiger partial charge is 0.357 e. The molecule has 29 heavy (non-hydrogen) atoms. The molecule has 2 N–H and O–H groups in total. The maximum atomic E-state index is 4.84. The van der Waals surface area contributed by atoms with Crippen LogP contribution in [0.4, 0.5) is 0 Å². The predicted molar refractivity (Wildman–Crippen MR) is 135 cm³/mol. The van der Waals surface area contributed by atoms with Gasteiger partial charge in [0, 0.05) is 51.4 Å². The first-order valence-corrected chi connectivity index (χ1v) is 10.6. The molecule has 2 atom stereocenters. The van der Waals surface area contributed by atoms with Crippen LogP contribution in [0, 0.1) is 0 Å². The van der Waals surface area contributed by atoms with Gasteiger partial charge in [0.1, 0.15) is 0 Å². The molecule has 1 aliphatic rings. The summed E-state index contributed by atoms with van der Waals surface area (Å²) in [7, 11) is 6.60. The van der Waals surface area contributed by atoms with E-state index in [-0.39, 0.29) is 24.0 Å². The van der Waals surface area contributed by atoms with Crippen molar-refractivity contribution in [3.63, 3.8) is 0 Å². The molecule has 0 aromatic heterocycles. The molecular formula is C22H41IN6. The first kappa shape index (κ1) is 26.1. The number of piperazine rings is 1. The van der Waals surface area contributed by atoms with Crippen LogP contribution in [0.2, 0.25) is 0 Å². The van der Waals surface area contributed by atoms with Gasteiger partial charge in [-0.2, -0.15) is 0 Å². The van der Waals surface area contributed by atoms with Gasteiger partial charge in [0.25, 0.3) is 0 Å². The molecular weight excluding hydrogens is 475 g/mol. The molecule has 166 valence electrons. The van der Waals surface area contributed by atoms with E-state index in [0.29, 0.717) is 12.1 Å². The summed E-state index contributed by atoms with van der Waals surface area (Å²) < 4.78 is 0. The number of nitrogens with zero attached hydrogens (tertiary/aromatic N) is 4. The van der Waals surface area contributed by atoms with Gasteiger partial charge in [-0.05, 0) is 47.0 Å². The van der Waals surface area contributed by atoms with Gasteiger partial charge in [-0.3, -0.25) is 14.8 Å². The summed E-state index contributed by atoms with van der Waals surface area (Å²) in [5.41, 5.74) is 1.36. The van der Waals surface area contributed by atoms with Crippen molar-refractivity contribution < 1.29 is 0 Å². The Hall–Kier alpha value is -0.900. The predicted octanol–water partition coefficient (Wildman–Crippen LogP) is 2.32. The van der Waals surface area contributed by atoms with E-state index < -0.39 is 0 Å². The molecule has 0 spiro atoms. The van der Waals surface area contributed by atoms with Gasteiger partial charge >= 0.3 is 0 Å². The van der Waals surface area contributed by atoms with Crippen molar-refractivity contribution in [1.29, 1.82) is 0 Å². The molecule has 0 bridgehead atoms. The highest BCUT2D eigenvalue weighted by Gasteiger charge is 2.21. The van der Waals surface area contributed by atoms with Crippen molar-refractivity contribution in [2.24, 2.45) is 4.99 Å². The smallest absolute Gasteiger partial charge is 0.191 e. The summed E-state index contributed by atoms with van der Waals surface area (Å²) in [4.78, 5) is 12.1. The second-order valence-electron chi connectivity index (χ2n) is 8.08. The molecule has 0 amide bonds. The van der Waals surface area contributed by atoms with Crippen molar-refractivity contribution in [2.45, 2.75) is 38.9 Å². The van der Waals surface area contributed by atoms with E-state index in [2.05, 4.69) is 90.7 Å². The Bertz CT molecular complexity index is 582. The van der Waals surface area contributed by atoms with Gasteiger partial charge < -0.3 is 15.5 Å². The number of rotatable bonds is 9. The molecule has 0 radical (unpaired) electrons. The van der Waals surface area contributed by atoms with Crippen LogP contribution in [0.25, 0.3) is 0 Å². The lowest BCUT2D eigenvalue weighted by Gasteiger charge is -2.36. The topological polar surface area (TPSA) is 46.1 Å². The van der Waals surface area contributed by atoms with E-state index in [9.17, 15) is 0 Å².